The number of aromatic nitrogens is 1. The van der Waals surface area contributed by atoms with Gasteiger partial charge in [0.2, 0.25) is 0 Å². The van der Waals surface area contributed by atoms with Crippen molar-refractivity contribution in [3.05, 3.63) is 59.5 Å². The lowest BCUT2D eigenvalue weighted by Crippen LogP contribution is -2.30. The second-order valence-electron chi connectivity index (χ2n) is 5.96. The number of anilines is 1. The van der Waals surface area contributed by atoms with Crippen molar-refractivity contribution in [2.45, 2.75) is 31.8 Å². The molecule has 1 unspecified atom stereocenters. The number of hydrogen-bond acceptors (Lipinski definition) is 3. The summed E-state index contributed by atoms with van der Waals surface area (Å²) in [5.41, 5.74) is 1.06. The molecular weight excluding hydrogens is 293 g/mol. The Balaban J connectivity index is 1.77. The van der Waals surface area contributed by atoms with Gasteiger partial charge in [0, 0.05) is 30.4 Å². The molecule has 0 spiro atoms. The lowest BCUT2D eigenvalue weighted by molar-refractivity contribution is 0.0740. The molecule has 5 heteroatoms. The van der Waals surface area contributed by atoms with E-state index in [0.29, 0.717) is 23.0 Å². The topological polar surface area (TPSA) is 45.2 Å². The second kappa shape index (κ2) is 6.36. The number of carbonyl (C=O) groups is 1. The molecule has 4 nitrogen and oxygen atoms in total. The van der Waals surface area contributed by atoms with Crippen molar-refractivity contribution in [3.8, 4) is 0 Å². The summed E-state index contributed by atoms with van der Waals surface area (Å²) >= 11 is 0. The van der Waals surface area contributed by atoms with Crippen molar-refractivity contribution in [2.75, 3.05) is 12.4 Å². The van der Waals surface area contributed by atoms with Gasteiger partial charge in [-0.1, -0.05) is 18.2 Å². The van der Waals surface area contributed by atoms with Crippen LogP contribution in [0.2, 0.25) is 0 Å². The van der Waals surface area contributed by atoms with Crippen LogP contribution in [0.5, 0.6) is 0 Å². The molecule has 1 heterocycles. The fraction of sp³-hybridized carbons (Fsp3) is 0.333. The molecule has 0 saturated heterocycles. The minimum Gasteiger partial charge on any atom is -0.367 e. The Hall–Kier alpha value is -2.43. The van der Waals surface area contributed by atoms with E-state index in [1.54, 1.807) is 48.5 Å². The summed E-state index contributed by atoms with van der Waals surface area (Å²) in [7, 11) is 1.69. The first-order valence-electron chi connectivity index (χ1n) is 7.80. The molecule has 1 aromatic heterocycles. The van der Waals surface area contributed by atoms with E-state index in [-0.39, 0.29) is 17.8 Å². The zero-order chi connectivity index (χ0) is 16.4. The number of benzene rings is 1. The first-order valence-corrected chi connectivity index (χ1v) is 7.80. The number of hydrogen-bond donors (Lipinski definition) is 1. The van der Waals surface area contributed by atoms with E-state index in [0.717, 1.165) is 12.8 Å². The number of nitrogens with one attached hydrogen (secondary N) is 1. The quantitative estimate of drug-likeness (QED) is 0.917. The highest BCUT2D eigenvalue weighted by Gasteiger charge is 2.23. The first kappa shape index (κ1) is 15.5. The van der Waals surface area contributed by atoms with Gasteiger partial charge in [0.15, 0.2) is 0 Å². The van der Waals surface area contributed by atoms with Crippen molar-refractivity contribution in [3.63, 3.8) is 0 Å². The molecule has 1 amide bonds. The van der Waals surface area contributed by atoms with Crippen LogP contribution in [0.1, 0.15) is 41.7 Å². The number of carbonyl (C=O) groups excluding carboxylic acids is 1. The van der Waals surface area contributed by atoms with Gasteiger partial charge in [0.1, 0.15) is 11.6 Å². The third-order valence-corrected chi connectivity index (χ3v) is 4.19. The van der Waals surface area contributed by atoms with Crippen molar-refractivity contribution < 1.29 is 9.18 Å². The Kier molecular flexibility index (Phi) is 4.28. The normalized spacial score (nSPS) is 15.1. The van der Waals surface area contributed by atoms with Crippen LogP contribution in [-0.2, 0) is 0 Å². The summed E-state index contributed by atoms with van der Waals surface area (Å²) in [5.74, 6) is 0.262. The van der Waals surface area contributed by atoms with Crippen molar-refractivity contribution >= 4 is 11.7 Å². The molecule has 0 radical (unpaired) electrons. The molecule has 1 fully saturated rings. The van der Waals surface area contributed by atoms with Crippen LogP contribution in [0.25, 0.3) is 0 Å². The van der Waals surface area contributed by atoms with Crippen molar-refractivity contribution in [1.29, 1.82) is 0 Å². The molecule has 1 saturated carbocycles. The zero-order valence-corrected chi connectivity index (χ0v) is 13.3. The summed E-state index contributed by atoms with van der Waals surface area (Å²) in [6.07, 6.45) is 3.91. The van der Waals surface area contributed by atoms with E-state index in [9.17, 15) is 9.18 Å². The largest absolute Gasteiger partial charge is 0.367 e. The Bertz CT molecular complexity index is 715. The van der Waals surface area contributed by atoms with Gasteiger partial charge >= 0.3 is 0 Å². The molecule has 0 bridgehead atoms. The van der Waals surface area contributed by atoms with Gasteiger partial charge in [0.25, 0.3) is 5.91 Å². The van der Waals surface area contributed by atoms with E-state index >= 15 is 0 Å². The van der Waals surface area contributed by atoms with E-state index in [4.69, 9.17) is 0 Å². The molecule has 2 aromatic rings. The molecule has 1 aliphatic rings. The third kappa shape index (κ3) is 3.50. The molecule has 1 N–H and O–H groups in total. The first-order chi connectivity index (χ1) is 11.1. The lowest BCUT2D eigenvalue weighted by Gasteiger charge is -2.26. The molecular formula is C18H20FN3O. The number of halogens is 1. The van der Waals surface area contributed by atoms with E-state index in [2.05, 4.69) is 10.3 Å². The molecule has 0 aliphatic heterocycles. The SMILES string of the molecule is CC(c1ccccc1F)N(C)C(=O)c1ccnc(NC2CC2)c1. The van der Waals surface area contributed by atoms with Gasteiger partial charge in [-0.15, -0.1) is 0 Å². The predicted octanol–water partition coefficient (Wildman–Crippen LogP) is 3.63. The van der Waals surface area contributed by atoms with Gasteiger partial charge < -0.3 is 10.2 Å². The number of pyridine rings is 1. The maximum absolute atomic E-state index is 13.9. The van der Waals surface area contributed by atoms with Gasteiger partial charge in [-0.25, -0.2) is 9.37 Å². The summed E-state index contributed by atoms with van der Waals surface area (Å²) in [6, 6.07) is 10.1. The Morgan fingerprint density at radius 2 is 2.09 bits per heavy atom. The Morgan fingerprint density at radius 3 is 2.78 bits per heavy atom. The number of nitrogens with zero attached hydrogens (tertiary/aromatic N) is 2. The van der Waals surface area contributed by atoms with Gasteiger partial charge in [-0.3, -0.25) is 4.79 Å². The fourth-order valence-corrected chi connectivity index (χ4v) is 2.48. The van der Waals surface area contributed by atoms with E-state index in [1.165, 1.54) is 6.07 Å². The molecule has 3 rings (SSSR count). The van der Waals surface area contributed by atoms with Crippen LogP contribution in [-0.4, -0.2) is 28.9 Å². The van der Waals surface area contributed by atoms with Crippen LogP contribution in [0, 0.1) is 5.82 Å². The molecule has 23 heavy (non-hydrogen) atoms. The molecule has 1 aromatic carbocycles. The van der Waals surface area contributed by atoms with Crippen LogP contribution >= 0.6 is 0 Å². The van der Waals surface area contributed by atoms with E-state index in [1.807, 2.05) is 6.92 Å². The summed E-state index contributed by atoms with van der Waals surface area (Å²) < 4.78 is 13.9. The summed E-state index contributed by atoms with van der Waals surface area (Å²) in [6.45, 7) is 1.82. The van der Waals surface area contributed by atoms with Crippen molar-refractivity contribution in [2.24, 2.45) is 0 Å². The average Bonchev–Trinajstić information content (AvgIpc) is 3.37. The summed E-state index contributed by atoms with van der Waals surface area (Å²) in [4.78, 5) is 18.5. The monoisotopic (exact) mass is 313 g/mol. The van der Waals surface area contributed by atoms with Gasteiger partial charge in [-0.05, 0) is 38.0 Å². The van der Waals surface area contributed by atoms with Gasteiger partial charge in [0.05, 0.1) is 6.04 Å². The second-order valence-corrected chi connectivity index (χ2v) is 5.96. The highest BCUT2D eigenvalue weighted by molar-refractivity contribution is 5.95. The highest BCUT2D eigenvalue weighted by atomic mass is 19.1. The van der Waals surface area contributed by atoms with E-state index < -0.39 is 0 Å². The Morgan fingerprint density at radius 1 is 1.35 bits per heavy atom. The highest BCUT2D eigenvalue weighted by Crippen LogP contribution is 2.26. The maximum Gasteiger partial charge on any atom is 0.254 e. The van der Waals surface area contributed by atoms with Crippen molar-refractivity contribution in [1.82, 2.24) is 9.88 Å². The standard InChI is InChI=1S/C18H20FN3O/c1-12(15-5-3-4-6-16(15)19)22(2)18(23)13-9-10-20-17(11-13)21-14-7-8-14/h3-6,9-12,14H,7-8H2,1-2H3,(H,20,21). The smallest absolute Gasteiger partial charge is 0.254 e. The predicted molar refractivity (Wildman–Crippen MR) is 87.8 cm³/mol. The molecule has 120 valence electrons. The van der Waals surface area contributed by atoms with Crippen LogP contribution in [0.4, 0.5) is 10.2 Å². The number of amides is 1. The van der Waals surface area contributed by atoms with Crippen LogP contribution in [0.15, 0.2) is 42.6 Å². The molecule has 1 aliphatic carbocycles. The third-order valence-electron chi connectivity index (χ3n) is 4.19. The Labute approximate surface area is 135 Å². The van der Waals surface area contributed by atoms with Gasteiger partial charge in [-0.2, -0.15) is 0 Å². The molecule has 1 atom stereocenters. The average molecular weight is 313 g/mol. The summed E-state index contributed by atoms with van der Waals surface area (Å²) in [5, 5.41) is 3.28. The van der Waals surface area contributed by atoms with Crippen LogP contribution < -0.4 is 5.32 Å². The zero-order valence-electron chi connectivity index (χ0n) is 13.3. The minimum atomic E-state index is -0.350. The fourth-order valence-electron chi connectivity index (χ4n) is 2.48. The van der Waals surface area contributed by atoms with Crippen LogP contribution in [0.3, 0.4) is 0 Å². The lowest BCUT2D eigenvalue weighted by atomic mass is 10.1. The number of rotatable bonds is 5. The minimum absolute atomic E-state index is 0.151. The maximum atomic E-state index is 13.9.